The van der Waals surface area contributed by atoms with Gasteiger partial charge in [0.15, 0.2) is 0 Å². The lowest BCUT2D eigenvalue weighted by atomic mass is 9.92. The number of rotatable bonds is 12. The Hall–Kier alpha value is -3.46. The third-order valence-electron chi connectivity index (χ3n) is 8.83. The van der Waals surface area contributed by atoms with Crippen LogP contribution in [-0.2, 0) is 27.8 Å². The molecular weight excluding hydrogens is 560 g/mol. The van der Waals surface area contributed by atoms with E-state index in [0.717, 1.165) is 80.3 Å². The van der Waals surface area contributed by atoms with Crippen LogP contribution >= 0.6 is 0 Å². The Morgan fingerprint density at radius 2 is 1.79 bits per heavy atom. The lowest BCUT2D eigenvalue weighted by Crippen LogP contribution is -2.40. The van der Waals surface area contributed by atoms with Crippen molar-refractivity contribution in [1.82, 2.24) is 10.1 Å². The van der Waals surface area contributed by atoms with Gasteiger partial charge in [-0.3, -0.25) is 14.7 Å². The topological polar surface area (TPSA) is 105 Å². The molecule has 1 fully saturated rings. The second kappa shape index (κ2) is 12.6. The molecule has 2 heterocycles. The fourth-order valence-electron chi connectivity index (χ4n) is 6.15. The molecule has 0 unspecified atom stereocenters. The smallest absolute Gasteiger partial charge is 0.264 e. The molecule has 1 aromatic heterocycles. The number of carbonyl (C=O) groups excluding carboxylic acids is 1. The summed E-state index contributed by atoms with van der Waals surface area (Å²) >= 11 is 0. The maximum atomic E-state index is 13.8. The number of carbonyl (C=O) groups is 1. The number of aryl methyl sites for hydroxylation is 2. The molecule has 230 valence electrons. The summed E-state index contributed by atoms with van der Waals surface area (Å²) in [5.41, 5.74) is 4.31. The van der Waals surface area contributed by atoms with E-state index in [4.69, 9.17) is 9.52 Å². The molecule has 1 amide bonds. The van der Waals surface area contributed by atoms with Gasteiger partial charge in [-0.2, -0.15) is 0 Å². The molecule has 8 nitrogen and oxygen atoms in total. The number of hydrogen-bond donors (Lipinski definition) is 1. The third kappa shape index (κ3) is 6.42. The third-order valence-corrected chi connectivity index (χ3v) is 10.2. The van der Waals surface area contributed by atoms with Crippen LogP contribution in [0.5, 0.6) is 0 Å². The van der Waals surface area contributed by atoms with Crippen LogP contribution in [0.3, 0.4) is 0 Å². The zero-order valence-electron chi connectivity index (χ0n) is 26.1. The van der Waals surface area contributed by atoms with Crippen molar-refractivity contribution in [3.63, 3.8) is 0 Å². The molecular formula is C34H44N4O4S. The van der Waals surface area contributed by atoms with Gasteiger partial charge in [0.1, 0.15) is 11.4 Å². The molecule has 43 heavy (non-hydrogen) atoms. The Morgan fingerprint density at radius 3 is 2.47 bits per heavy atom. The average molecular weight is 605 g/mol. The summed E-state index contributed by atoms with van der Waals surface area (Å²) in [6.07, 6.45) is 8.37. The number of sulfonamides is 1. The van der Waals surface area contributed by atoms with Gasteiger partial charge in [-0.1, -0.05) is 81.6 Å². The van der Waals surface area contributed by atoms with Gasteiger partial charge in [0.2, 0.25) is 5.88 Å². The number of aliphatic imine (C=N–C) groups is 1. The molecule has 1 aliphatic carbocycles. The van der Waals surface area contributed by atoms with Crippen molar-refractivity contribution in [3.8, 4) is 11.1 Å². The first-order valence-corrected chi connectivity index (χ1v) is 17.1. The van der Waals surface area contributed by atoms with Gasteiger partial charge in [-0.15, -0.1) is 0 Å². The summed E-state index contributed by atoms with van der Waals surface area (Å²) in [6.45, 7) is 10.6. The van der Waals surface area contributed by atoms with Crippen molar-refractivity contribution < 1.29 is 17.7 Å². The Labute approximate surface area is 256 Å². The average Bonchev–Trinajstić information content (AvgIpc) is 3.66. The second-order valence-corrected chi connectivity index (χ2v) is 14.2. The van der Waals surface area contributed by atoms with Gasteiger partial charge < -0.3 is 4.52 Å². The van der Waals surface area contributed by atoms with E-state index in [2.05, 4.69) is 36.7 Å². The molecule has 1 spiro atoms. The Morgan fingerprint density at radius 1 is 1.05 bits per heavy atom. The van der Waals surface area contributed by atoms with Crippen LogP contribution in [0.1, 0.15) is 94.5 Å². The van der Waals surface area contributed by atoms with Gasteiger partial charge in [-0.05, 0) is 74.6 Å². The molecule has 0 atom stereocenters. The standard InChI is InChI=1S/C34H44N4O4S/c1-6-7-14-31-35-34(19-10-11-20-34)33(39)38(31)22-26-16-18-28(27(21-26)17-15-23(2)3)29-12-8-9-13-30(29)43(40,41)37-32-24(4)25(5)36-42-32/h8-9,12-13,16,18,21,23,37H,6-7,10-11,14-15,17,19-20,22H2,1-5H3. The summed E-state index contributed by atoms with van der Waals surface area (Å²) in [4.78, 5) is 20.9. The van der Waals surface area contributed by atoms with E-state index >= 15 is 0 Å². The van der Waals surface area contributed by atoms with Crippen molar-refractivity contribution in [2.45, 2.75) is 109 Å². The lowest BCUT2D eigenvalue weighted by molar-refractivity contribution is -0.131. The van der Waals surface area contributed by atoms with Crippen molar-refractivity contribution in [2.24, 2.45) is 10.9 Å². The second-order valence-electron chi connectivity index (χ2n) is 12.5. The predicted molar refractivity (Wildman–Crippen MR) is 171 cm³/mol. The molecule has 9 heteroatoms. The first-order chi connectivity index (χ1) is 20.5. The van der Waals surface area contributed by atoms with Crippen LogP contribution in [0.15, 0.2) is 56.9 Å². The summed E-state index contributed by atoms with van der Waals surface area (Å²) in [5, 5.41) is 3.89. The van der Waals surface area contributed by atoms with E-state index in [9.17, 15) is 13.2 Å². The normalized spacial score (nSPS) is 16.5. The van der Waals surface area contributed by atoms with Crippen molar-refractivity contribution in [3.05, 3.63) is 64.8 Å². The number of benzene rings is 2. The number of nitrogens with zero attached hydrogens (tertiary/aromatic N) is 3. The number of anilines is 1. The van der Waals surface area contributed by atoms with E-state index in [1.165, 1.54) is 0 Å². The Bertz CT molecular complexity index is 1620. The number of nitrogens with one attached hydrogen (secondary N) is 1. The fraction of sp³-hybridized carbons (Fsp3) is 0.500. The maximum Gasteiger partial charge on any atom is 0.264 e. The number of amides is 1. The molecule has 0 radical (unpaired) electrons. The summed E-state index contributed by atoms with van der Waals surface area (Å²) < 4.78 is 35.2. The van der Waals surface area contributed by atoms with Crippen molar-refractivity contribution in [2.75, 3.05) is 4.72 Å². The zero-order valence-corrected chi connectivity index (χ0v) is 26.9. The van der Waals surface area contributed by atoms with Gasteiger partial charge in [0.05, 0.1) is 17.1 Å². The maximum absolute atomic E-state index is 13.8. The highest BCUT2D eigenvalue weighted by atomic mass is 32.2. The van der Waals surface area contributed by atoms with Crippen LogP contribution in [-0.4, -0.2) is 35.8 Å². The minimum absolute atomic E-state index is 0.124. The fourth-order valence-corrected chi connectivity index (χ4v) is 7.42. The molecule has 1 N–H and O–H groups in total. The minimum atomic E-state index is -3.97. The molecule has 1 saturated carbocycles. The quantitative estimate of drug-likeness (QED) is 0.229. The van der Waals surface area contributed by atoms with E-state index in [-0.39, 0.29) is 16.7 Å². The van der Waals surface area contributed by atoms with Crippen LogP contribution in [0.25, 0.3) is 11.1 Å². The summed E-state index contributed by atoms with van der Waals surface area (Å²) in [7, 11) is -3.97. The van der Waals surface area contributed by atoms with E-state index in [1.54, 1.807) is 26.0 Å². The van der Waals surface area contributed by atoms with Gasteiger partial charge >= 0.3 is 0 Å². The number of unbranched alkanes of at least 4 members (excludes halogenated alkanes) is 1. The molecule has 2 aliphatic rings. The highest BCUT2D eigenvalue weighted by Gasteiger charge is 2.49. The minimum Gasteiger partial charge on any atom is -0.337 e. The van der Waals surface area contributed by atoms with E-state index in [0.29, 0.717) is 29.3 Å². The number of aromatic nitrogens is 1. The van der Waals surface area contributed by atoms with Crippen molar-refractivity contribution in [1.29, 1.82) is 0 Å². The summed E-state index contributed by atoms with van der Waals surface area (Å²) in [5.74, 6) is 1.66. The van der Waals surface area contributed by atoms with Crippen molar-refractivity contribution >= 4 is 27.7 Å². The molecule has 3 aromatic rings. The van der Waals surface area contributed by atoms with Crippen LogP contribution in [0, 0.1) is 19.8 Å². The van der Waals surface area contributed by atoms with Crippen LogP contribution < -0.4 is 4.72 Å². The number of hydrogen-bond acceptors (Lipinski definition) is 6. The van der Waals surface area contributed by atoms with E-state index < -0.39 is 15.6 Å². The number of amidine groups is 1. The molecule has 1 aliphatic heterocycles. The molecule has 2 aromatic carbocycles. The van der Waals surface area contributed by atoms with Crippen LogP contribution in [0.4, 0.5) is 5.88 Å². The SMILES string of the molecule is CCCCC1=NC2(CCCC2)C(=O)N1Cc1ccc(-c2ccccc2S(=O)(=O)Nc2onc(C)c2C)c(CCC(C)C)c1. The monoisotopic (exact) mass is 604 g/mol. The molecule has 0 saturated heterocycles. The zero-order chi connectivity index (χ0) is 30.8. The van der Waals surface area contributed by atoms with Gasteiger partial charge in [0.25, 0.3) is 15.9 Å². The summed E-state index contributed by atoms with van der Waals surface area (Å²) in [6, 6.07) is 13.3. The molecule has 5 rings (SSSR count). The first-order valence-electron chi connectivity index (χ1n) is 15.6. The first kappa shape index (κ1) is 31.0. The highest BCUT2D eigenvalue weighted by molar-refractivity contribution is 7.92. The lowest BCUT2D eigenvalue weighted by Gasteiger charge is -2.23. The Kier molecular flexibility index (Phi) is 9.11. The van der Waals surface area contributed by atoms with Gasteiger partial charge in [0, 0.05) is 17.5 Å². The highest BCUT2D eigenvalue weighted by Crippen LogP contribution is 2.40. The van der Waals surface area contributed by atoms with Crippen LogP contribution in [0.2, 0.25) is 0 Å². The van der Waals surface area contributed by atoms with Gasteiger partial charge in [-0.25, -0.2) is 13.1 Å². The Balaban J connectivity index is 1.50. The molecule has 0 bridgehead atoms. The van der Waals surface area contributed by atoms with E-state index in [1.807, 2.05) is 29.2 Å². The largest absolute Gasteiger partial charge is 0.337 e. The predicted octanol–water partition coefficient (Wildman–Crippen LogP) is 7.59.